The highest BCUT2D eigenvalue weighted by molar-refractivity contribution is 5.71. The first-order chi connectivity index (χ1) is 38.5. The number of esters is 3. The second-order valence-electron chi connectivity index (χ2n) is 22.4. The average molecular weight is 1090 g/mol. The summed E-state index contributed by atoms with van der Waals surface area (Å²) in [6, 6.07) is 0. The third kappa shape index (κ3) is 63.4. The van der Waals surface area contributed by atoms with Gasteiger partial charge in [-0.3, -0.25) is 14.4 Å². The fourth-order valence-electron chi connectivity index (χ4n) is 9.64. The van der Waals surface area contributed by atoms with Gasteiger partial charge in [-0.1, -0.05) is 318 Å². The van der Waals surface area contributed by atoms with E-state index >= 15 is 0 Å². The number of carbonyl (C=O) groups excluding carboxylic acids is 3. The van der Waals surface area contributed by atoms with Crippen LogP contribution in [0.2, 0.25) is 0 Å². The van der Waals surface area contributed by atoms with Gasteiger partial charge in [-0.15, -0.1) is 0 Å². The van der Waals surface area contributed by atoms with E-state index in [4.69, 9.17) is 14.2 Å². The summed E-state index contributed by atoms with van der Waals surface area (Å²) >= 11 is 0. The number of hydrogen-bond donors (Lipinski definition) is 0. The summed E-state index contributed by atoms with van der Waals surface area (Å²) in [5, 5.41) is 0. The standard InChI is InChI=1S/C72H126O6/c1-4-7-10-13-16-19-22-25-27-29-31-32-33-34-35-36-37-38-39-40-42-43-45-47-50-53-56-59-62-65-71(74)77-68-69(67-76-70(73)64-61-58-55-52-49-24-21-18-15-12-9-6-3)78-72(75)66-63-60-57-54-51-48-46-44-41-30-28-26-23-20-17-14-11-8-5-2/h8,11,17,20,26,28-29,31,41,44,48,51,57,60,69H,4-7,9-10,12-16,18-19,21-25,27,30,32-40,42-43,45-47,49-50,52-56,58-59,61-68H2,1-3H3/b11-8-,20-17-,28-26-,31-29-,44-41-,51-48-,60-57-. The third-order valence-electron chi connectivity index (χ3n) is 14.6. The number of rotatable bonds is 61. The molecule has 0 rings (SSSR count). The van der Waals surface area contributed by atoms with Gasteiger partial charge in [0.05, 0.1) is 0 Å². The van der Waals surface area contributed by atoms with Crippen LogP contribution in [0.4, 0.5) is 0 Å². The van der Waals surface area contributed by atoms with Crippen molar-refractivity contribution in [1.82, 2.24) is 0 Å². The molecule has 6 heteroatoms. The summed E-state index contributed by atoms with van der Waals surface area (Å²) in [6.07, 6.45) is 87.7. The Labute approximate surface area is 484 Å². The number of hydrogen-bond acceptors (Lipinski definition) is 6. The Kier molecular flexibility index (Phi) is 63.2. The lowest BCUT2D eigenvalue weighted by molar-refractivity contribution is -0.166. The minimum atomic E-state index is -0.815. The molecule has 0 spiro atoms. The van der Waals surface area contributed by atoms with Crippen molar-refractivity contribution in [3.63, 3.8) is 0 Å². The second-order valence-corrected chi connectivity index (χ2v) is 22.4. The Bertz CT molecular complexity index is 1480. The molecular formula is C72H126O6. The molecule has 1 atom stereocenters. The molecule has 0 amide bonds. The van der Waals surface area contributed by atoms with E-state index in [2.05, 4.69) is 99.8 Å². The van der Waals surface area contributed by atoms with Crippen LogP contribution in [-0.2, 0) is 28.6 Å². The predicted octanol–water partition coefficient (Wildman–Crippen LogP) is 23.1. The highest BCUT2D eigenvalue weighted by Crippen LogP contribution is 2.17. The van der Waals surface area contributed by atoms with Gasteiger partial charge < -0.3 is 14.2 Å². The number of allylic oxidation sites excluding steroid dienone is 14. The Balaban J connectivity index is 4.27. The minimum Gasteiger partial charge on any atom is -0.462 e. The molecule has 6 nitrogen and oxygen atoms in total. The maximum Gasteiger partial charge on any atom is 0.306 e. The zero-order chi connectivity index (χ0) is 56.4. The first-order valence-corrected chi connectivity index (χ1v) is 33.6. The van der Waals surface area contributed by atoms with Crippen LogP contribution in [0.3, 0.4) is 0 Å². The van der Waals surface area contributed by atoms with E-state index in [1.807, 2.05) is 6.08 Å². The van der Waals surface area contributed by atoms with Gasteiger partial charge in [-0.25, -0.2) is 0 Å². The van der Waals surface area contributed by atoms with Gasteiger partial charge in [0.15, 0.2) is 6.10 Å². The van der Waals surface area contributed by atoms with Crippen molar-refractivity contribution in [2.75, 3.05) is 13.2 Å². The molecule has 78 heavy (non-hydrogen) atoms. The number of ether oxygens (including phenoxy) is 3. The smallest absolute Gasteiger partial charge is 0.306 e. The molecule has 0 radical (unpaired) electrons. The molecule has 0 fully saturated rings. The highest BCUT2D eigenvalue weighted by atomic mass is 16.6. The summed E-state index contributed by atoms with van der Waals surface area (Å²) in [5.74, 6) is -0.974. The Morgan fingerprint density at radius 3 is 0.833 bits per heavy atom. The molecule has 0 aromatic heterocycles. The van der Waals surface area contributed by atoms with Gasteiger partial charge in [0.25, 0.3) is 0 Å². The van der Waals surface area contributed by atoms with E-state index in [0.717, 1.165) is 77.0 Å². The van der Waals surface area contributed by atoms with Crippen molar-refractivity contribution >= 4 is 17.9 Å². The number of carbonyl (C=O) groups is 3. The molecule has 0 aliphatic rings. The van der Waals surface area contributed by atoms with Crippen molar-refractivity contribution in [2.24, 2.45) is 0 Å². The molecule has 0 saturated heterocycles. The van der Waals surface area contributed by atoms with Crippen LogP contribution >= 0.6 is 0 Å². The molecule has 0 bridgehead atoms. The summed E-state index contributed by atoms with van der Waals surface area (Å²) in [6.45, 7) is 6.50. The first-order valence-electron chi connectivity index (χ1n) is 33.6. The van der Waals surface area contributed by atoms with Crippen molar-refractivity contribution in [3.8, 4) is 0 Å². The summed E-state index contributed by atoms with van der Waals surface area (Å²) in [4.78, 5) is 38.3. The monoisotopic (exact) mass is 1090 g/mol. The molecule has 0 N–H and O–H groups in total. The molecule has 0 aromatic rings. The topological polar surface area (TPSA) is 78.9 Å². The van der Waals surface area contributed by atoms with E-state index in [1.54, 1.807) is 0 Å². The van der Waals surface area contributed by atoms with E-state index in [-0.39, 0.29) is 37.5 Å². The van der Waals surface area contributed by atoms with Crippen LogP contribution in [-0.4, -0.2) is 37.2 Å². The first kappa shape index (κ1) is 74.6. The molecule has 450 valence electrons. The summed E-state index contributed by atoms with van der Waals surface area (Å²) in [5.41, 5.74) is 0. The van der Waals surface area contributed by atoms with Crippen LogP contribution in [0.1, 0.15) is 335 Å². The second kappa shape index (κ2) is 66.1. The van der Waals surface area contributed by atoms with Crippen LogP contribution in [0.5, 0.6) is 0 Å². The average Bonchev–Trinajstić information content (AvgIpc) is 3.44. The van der Waals surface area contributed by atoms with E-state index in [0.29, 0.717) is 19.3 Å². The molecule has 0 heterocycles. The lowest BCUT2D eigenvalue weighted by Gasteiger charge is -2.18. The van der Waals surface area contributed by atoms with Gasteiger partial charge in [0.1, 0.15) is 13.2 Å². The van der Waals surface area contributed by atoms with Crippen molar-refractivity contribution < 1.29 is 28.6 Å². The normalized spacial score (nSPS) is 12.6. The molecule has 0 aromatic carbocycles. The molecule has 0 aliphatic carbocycles. The molecule has 0 aliphatic heterocycles. The van der Waals surface area contributed by atoms with Crippen LogP contribution in [0.25, 0.3) is 0 Å². The fraction of sp³-hybridized carbons (Fsp3) is 0.764. The van der Waals surface area contributed by atoms with E-state index in [1.165, 1.54) is 212 Å². The maximum atomic E-state index is 12.9. The Morgan fingerprint density at radius 1 is 0.269 bits per heavy atom. The largest absolute Gasteiger partial charge is 0.462 e. The third-order valence-corrected chi connectivity index (χ3v) is 14.6. The van der Waals surface area contributed by atoms with Crippen molar-refractivity contribution in [2.45, 2.75) is 341 Å². The lowest BCUT2D eigenvalue weighted by atomic mass is 10.0. The van der Waals surface area contributed by atoms with Gasteiger partial charge in [0.2, 0.25) is 0 Å². The summed E-state index contributed by atoms with van der Waals surface area (Å²) < 4.78 is 16.9. The van der Waals surface area contributed by atoms with E-state index < -0.39 is 6.10 Å². The Morgan fingerprint density at radius 2 is 0.526 bits per heavy atom. The number of unbranched alkanes of at least 4 members (excludes halogenated alkanes) is 36. The molecular weight excluding hydrogens is 961 g/mol. The molecule has 0 saturated carbocycles. The SMILES string of the molecule is CC/C=C\C/C=C\C/C=C\C/C=C\C/C=C\C/C=C\CCC(=O)OC(COC(=O)CCCCCCCCCCCCCC)COC(=O)CCCCCCCCCCCCCCCCCCC/C=C\CCCCCCCCCC. The van der Waals surface area contributed by atoms with Crippen LogP contribution < -0.4 is 0 Å². The zero-order valence-corrected chi connectivity index (χ0v) is 51.7. The minimum absolute atomic E-state index is 0.103. The van der Waals surface area contributed by atoms with Gasteiger partial charge >= 0.3 is 17.9 Å². The maximum absolute atomic E-state index is 12.9. The quantitative estimate of drug-likeness (QED) is 0.0261. The van der Waals surface area contributed by atoms with Gasteiger partial charge in [0, 0.05) is 19.3 Å². The van der Waals surface area contributed by atoms with Crippen molar-refractivity contribution in [3.05, 3.63) is 85.1 Å². The van der Waals surface area contributed by atoms with Gasteiger partial charge in [-0.05, 0) is 83.5 Å². The summed E-state index contributed by atoms with van der Waals surface area (Å²) in [7, 11) is 0. The fourth-order valence-corrected chi connectivity index (χ4v) is 9.64. The molecule has 1 unspecified atom stereocenters. The highest BCUT2D eigenvalue weighted by Gasteiger charge is 2.19. The lowest BCUT2D eigenvalue weighted by Crippen LogP contribution is -2.30. The zero-order valence-electron chi connectivity index (χ0n) is 51.7. The predicted molar refractivity (Wildman–Crippen MR) is 339 cm³/mol. The van der Waals surface area contributed by atoms with Crippen LogP contribution in [0, 0.1) is 0 Å². The van der Waals surface area contributed by atoms with Crippen molar-refractivity contribution in [1.29, 1.82) is 0 Å². The van der Waals surface area contributed by atoms with Gasteiger partial charge in [-0.2, -0.15) is 0 Å². The van der Waals surface area contributed by atoms with Crippen LogP contribution in [0.15, 0.2) is 85.1 Å². The van der Waals surface area contributed by atoms with E-state index in [9.17, 15) is 14.4 Å². The Hall–Kier alpha value is -3.41.